The lowest BCUT2D eigenvalue weighted by molar-refractivity contribution is -0.126. The zero-order valence-corrected chi connectivity index (χ0v) is 14.5. The van der Waals surface area contributed by atoms with E-state index in [1.54, 1.807) is 0 Å². The topological polar surface area (TPSA) is 44.8 Å². The first-order valence-electron chi connectivity index (χ1n) is 9.15. The lowest BCUT2D eigenvalue weighted by Gasteiger charge is -2.31. The Bertz CT molecular complexity index is 495. The molecule has 0 aromatic heterocycles. The summed E-state index contributed by atoms with van der Waals surface area (Å²) in [5.41, 5.74) is 1.35. The summed E-state index contributed by atoms with van der Waals surface area (Å²) in [5.74, 6) is 0.421. The number of morpholine rings is 1. The third kappa shape index (κ3) is 5.30. The van der Waals surface area contributed by atoms with Crippen LogP contribution in [0, 0.1) is 5.92 Å². The summed E-state index contributed by atoms with van der Waals surface area (Å²) < 4.78 is 5.34. The number of likely N-dealkylation sites (tertiary alicyclic amines) is 1. The molecule has 1 N–H and O–H groups in total. The molecule has 3 rings (SSSR count). The molecule has 2 saturated heterocycles. The molecule has 2 fully saturated rings. The molecule has 0 spiro atoms. The highest BCUT2D eigenvalue weighted by Gasteiger charge is 2.24. The Morgan fingerprint density at radius 1 is 1.04 bits per heavy atom. The van der Waals surface area contributed by atoms with Crippen LogP contribution >= 0.6 is 0 Å². The minimum absolute atomic E-state index is 0.182. The minimum atomic E-state index is 0.182. The van der Waals surface area contributed by atoms with E-state index in [4.69, 9.17) is 4.74 Å². The maximum Gasteiger partial charge on any atom is 0.223 e. The van der Waals surface area contributed by atoms with Gasteiger partial charge in [0.15, 0.2) is 0 Å². The average Bonchev–Trinajstić information content (AvgIpc) is 2.64. The minimum Gasteiger partial charge on any atom is -0.379 e. The van der Waals surface area contributed by atoms with Crippen molar-refractivity contribution in [3.63, 3.8) is 0 Å². The van der Waals surface area contributed by atoms with Crippen LogP contribution in [0.1, 0.15) is 18.4 Å². The molecule has 2 heterocycles. The van der Waals surface area contributed by atoms with Gasteiger partial charge >= 0.3 is 0 Å². The summed E-state index contributed by atoms with van der Waals surface area (Å²) in [4.78, 5) is 17.1. The fraction of sp³-hybridized carbons (Fsp3) is 0.632. The Morgan fingerprint density at radius 3 is 2.46 bits per heavy atom. The molecular formula is C19H29N3O2. The van der Waals surface area contributed by atoms with Gasteiger partial charge in [0.2, 0.25) is 5.91 Å². The van der Waals surface area contributed by atoms with Crippen molar-refractivity contribution < 1.29 is 9.53 Å². The number of piperidine rings is 1. The van der Waals surface area contributed by atoms with Crippen LogP contribution in [0.3, 0.4) is 0 Å². The molecular weight excluding hydrogens is 302 g/mol. The zero-order valence-electron chi connectivity index (χ0n) is 14.5. The number of nitrogens with zero attached hydrogens (tertiary/aromatic N) is 2. The van der Waals surface area contributed by atoms with Gasteiger partial charge in [-0.1, -0.05) is 30.3 Å². The Kier molecular flexibility index (Phi) is 6.64. The fourth-order valence-corrected chi connectivity index (χ4v) is 3.50. The predicted molar refractivity (Wildman–Crippen MR) is 94.7 cm³/mol. The van der Waals surface area contributed by atoms with Gasteiger partial charge < -0.3 is 10.1 Å². The van der Waals surface area contributed by atoms with E-state index < -0.39 is 0 Å². The summed E-state index contributed by atoms with van der Waals surface area (Å²) >= 11 is 0. The van der Waals surface area contributed by atoms with Crippen molar-refractivity contribution in [1.82, 2.24) is 15.1 Å². The predicted octanol–water partition coefficient (Wildman–Crippen LogP) is 1.35. The number of rotatable bonds is 6. The molecule has 5 nitrogen and oxygen atoms in total. The van der Waals surface area contributed by atoms with E-state index >= 15 is 0 Å². The average molecular weight is 331 g/mol. The van der Waals surface area contributed by atoms with Crippen LogP contribution < -0.4 is 5.32 Å². The second kappa shape index (κ2) is 9.16. The van der Waals surface area contributed by atoms with Crippen molar-refractivity contribution in [2.24, 2.45) is 5.92 Å². The van der Waals surface area contributed by atoms with E-state index in [9.17, 15) is 4.79 Å². The molecule has 1 aromatic carbocycles. The van der Waals surface area contributed by atoms with Crippen LogP contribution in [0.5, 0.6) is 0 Å². The molecule has 0 bridgehead atoms. The zero-order chi connectivity index (χ0) is 16.6. The lowest BCUT2D eigenvalue weighted by Crippen LogP contribution is -2.44. The maximum atomic E-state index is 12.3. The van der Waals surface area contributed by atoms with Gasteiger partial charge in [0, 0.05) is 38.6 Å². The van der Waals surface area contributed by atoms with Crippen LogP contribution in [0.25, 0.3) is 0 Å². The number of carbonyl (C=O) groups excluding carboxylic acids is 1. The van der Waals surface area contributed by atoms with Gasteiger partial charge in [-0.3, -0.25) is 14.6 Å². The molecule has 2 aliphatic rings. The van der Waals surface area contributed by atoms with Crippen molar-refractivity contribution >= 4 is 5.91 Å². The molecule has 0 atom stereocenters. The summed E-state index contributed by atoms with van der Waals surface area (Å²) in [5, 5.41) is 3.12. The first kappa shape index (κ1) is 17.4. The molecule has 1 amide bonds. The van der Waals surface area contributed by atoms with Crippen molar-refractivity contribution in [2.45, 2.75) is 19.4 Å². The summed E-state index contributed by atoms with van der Waals surface area (Å²) in [6.07, 6.45) is 1.94. The van der Waals surface area contributed by atoms with Gasteiger partial charge in [-0.25, -0.2) is 0 Å². The molecule has 1 aromatic rings. The highest BCUT2D eigenvalue weighted by atomic mass is 16.5. The molecule has 2 aliphatic heterocycles. The first-order chi connectivity index (χ1) is 11.8. The Labute approximate surface area is 145 Å². The smallest absolute Gasteiger partial charge is 0.223 e. The number of amides is 1. The monoisotopic (exact) mass is 331 g/mol. The van der Waals surface area contributed by atoms with Crippen LogP contribution in [0.2, 0.25) is 0 Å². The van der Waals surface area contributed by atoms with Crippen molar-refractivity contribution in [1.29, 1.82) is 0 Å². The number of ether oxygens (including phenoxy) is 1. The van der Waals surface area contributed by atoms with E-state index in [-0.39, 0.29) is 11.8 Å². The molecule has 0 unspecified atom stereocenters. The van der Waals surface area contributed by atoms with Gasteiger partial charge in [0.05, 0.1) is 13.2 Å². The Hall–Kier alpha value is -1.43. The highest BCUT2D eigenvalue weighted by molar-refractivity contribution is 5.78. The number of nitrogens with one attached hydrogen (secondary N) is 1. The number of benzene rings is 1. The quantitative estimate of drug-likeness (QED) is 0.855. The third-order valence-electron chi connectivity index (χ3n) is 5.04. The highest BCUT2D eigenvalue weighted by Crippen LogP contribution is 2.19. The van der Waals surface area contributed by atoms with Crippen LogP contribution in [-0.4, -0.2) is 68.2 Å². The summed E-state index contributed by atoms with van der Waals surface area (Å²) in [6, 6.07) is 10.6. The standard InChI is InChI=1S/C19H29N3O2/c23-19(20-8-11-21-12-14-24-15-13-21)18-6-9-22(10-7-18)16-17-4-2-1-3-5-17/h1-5,18H,6-16H2,(H,20,23). The molecule has 0 saturated carbocycles. The van der Waals surface area contributed by atoms with E-state index in [1.807, 2.05) is 0 Å². The number of hydrogen-bond acceptors (Lipinski definition) is 4. The fourth-order valence-electron chi connectivity index (χ4n) is 3.50. The van der Waals surface area contributed by atoms with Crippen molar-refractivity contribution in [2.75, 3.05) is 52.5 Å². The van der Waals surface area contributed by atoms with Crippen LogP contribution in [0.15, 0.2) is 30.3 Å². The van der Waals surface area contributed by atoms with E-state index in [0.29, 0.717) is 0 Å². The number of hydrogen-bond donors (Lipinski definition) is 1. The maximum absolute atomic E-state index is 12.3. The molecule has 5 heteroatoms. The normalized spacial score (nSPS) is 20.8. The van der Waals surface area contributed by atoms with Crippen molar-refractivity contribution in [3.05, 3.63) is 35.9 Å². The molecule has 0 aliphatic carbocycles. The summed E-state index contributed by atoms with van der Waals surface area (Å²) in [6.45, 7) is 8.28. The Morgan fingerprint density at radius 2 is 1.75 bits per heavy atom. The summed E-state index contributed by atoms with van der Waals surface area (Å²) in [7, 11) is 0. The van der Waals surface area contributed by atoms with Gasteiger partial charge in [0.1, 0.15) is 0 Å². The lowest BCUT2D eigenvalue weighted by atomic mass is 9.95. The second-order valence-corrected chi connectivity index (χ2v) is 6.78. The van der Waals surface area contributed by atoms with Crippen molar-refractivity contribution in [3.8, 4) is 0 Å². The molecule has 24 heavy (non-hydrogen) atoms. The molecule has 0 radical (unpaired) electrons. The number of carbonyl (C=O) groups is 1. The first-order valence-corrected chi connectivity index (χ1v) is 9.15. The second-order valence-electron chi connectivity index (χ2n) is 6.78. The SMILES string of the molecule is O=C(NCCN1CCOCC1)C1CCN(Cc2ccccc2)CC1. The van der Waals surface area contributed by atoms with Gasteiger partial charge in [0.25, 0.3) is 0 Å². The van der Waals surface area contributed by atoms with E-state index in [0.717, 1.165) is 71.9 Å². The van der Waals surface area contributed by atoms with E-state index in [2.05, 4.69) is 45.4 Å². The van der Waals surface area contributed by atoms with Crippen LogP contribution in [0.4, 0.5) is 0 Å². The largest absolute Gasteiger partial charge is 0.379 e. The van der Waals surface area contributed by atoms with Gasteiger partial charge in [-0.2, -0.15) is 0 Å². The Balaban J connectivity index is 1.32. The van der Waals surface area contributed by atoms with Gasteiger partial charge in [-0.15, -0.1) is 0 Å². The third-order valence-corrected chi connectivity index (χ3v) is 5.04. The van der Waals surface area contributed by atoms with Gasteiger partial charge in [-0.05, 0) is 31.5 Å². The van der Waals surface area contributed by atoms with Crippen LogP contribution in [-0.2, 0) is 16.1 Å². The molecule has 132 valence electrons. The van der Waals surface area contributed by atoms with E-state index in [1.165, 1.54) is 5.56 Å².